The number of carbonyl (C=O) groups excluding carboxylic acids is 1. The van der Waals surface area contributed by atoms with Crippen LogP contribution in [0.2, 0.25) is 5.02 Å². The number of hydrogen-bond acceptors (Lipinski definition) is 3. The van der Waals surface area contributed by atoms with Crippen LogP contribution in [0.1, 0.15) is 30.6 Å². The van der Waals surface area contributed by atoms with Gasteiger partial charge >= 0.3 is 0 Å². The third-order valence-corrected chi connectivity index (χ3v) is 5.44. The summed E-state index contributed by atoms with van der Waals surface area (Å²) in [5.74, 6) is -1.03. The number of sulfonamides is 1. The second-order valence-electron chi connectivity index (χ2n) is 5.51. The highest BCUT2D eigenvalue weighted by Gasteiger charge is 2.21. The number of anilines is 1. The molecule has 0 bridgehead atoms. The number of nitrogens with one attached hydrogen (secondary N) is 2. The normalized spacial score (nSPS) is 12.5. The van der Waals surface area contributed by atoms with Crippen LogP contribution in [-0.2, 0) is 10.0 Å². The van der Waals surface area contributed by atoms with Crippen LogP contribution in [0.15, 0.2) is 47.4 Å². The first-order valence-corrected chi connectivity index (χ1v) is 9.48. The van der Waals surface area contributed by atoms with E-state index in [1.807, 2.05) is 13.8 Å². The first kappa shape index (κ1) is 19.2. The standard InChI is InChI=1S/C17H18ClFN2O3S/c1-3-11(2)20-17(22)13-6-4-5-7-15(13)21-25(23,24)16-9-8-12(19)10-14(16)18/h4-11,21H,3H2,1-2H3,(H,20,22)/t11-/m0/s1. The molecule has 0 aromatic heterocycles. The maximum absolute atomic E-state index is 13.1. The van der Waals surface area contributed by atoms with Crippen molar-refractivity contribution < 1.29 is 17.6 Å². The zero-order valence-corrected chi connectivity index (χ0v) is 15.3. The lowest BCUT2D eigenvalue weighted by Crippen LogP contribution is -2.32. The van der Waals surface area contributed by atoms with Gasteiger partial charge in [0.2, 0.25) is 0 Å². The number of benzene rings is 2. The molecule has 0 saturated carbocycles. The Balaban J connectivity index is 2.35. The number of amides is 1. The Morgan fingerprint density at radius 3 is 2.56 bits per heavy atom. The van der Waals surface area contributed by atoms with Gasteiger partial charge in [0.1, 0.15) is 10.7 Å². The fourth-order valence-corrected chi connectivity index (χ4v) is 3.68. The highest BCUT2D eigenvalue weighted by molar-refractivity contribution is 7.92. The van der Waals surface area contributed by atoms with Gasteiger partial charge < -0.3 is 5.32 Å². The molecule has 2 rings (SSSR count). The van der Waals surface area contributed by atoms with Crippen molar-refractivity contribution in [1.82, 2.24) is 5.32 Å². The summed E-state index contributed by atoms with van der Waals surface area (Å²) in [6.45, 7) is 3.78. The molecule has 2 aromatic carbocycles. The smallest absolute Gasteiger partial charge is 0.263 e. The Labute approximate surface area is 151 Å². The maximum Gasteiger partial charge on any atom is 0.263 e. The number of para-hydroxylation sites is 1. The Kier molecular flexibility index (Phi) is 6.02. The fourth-order valence-electron chi connectivity index (χ4n) is 2.07. The van der Waals surface area contributed by atoms with E-state index in [4.69, 9.17) is 11.6 Å². The van der Waals surface area contributed by atoms with Crippen molar-refractivity contribution in [3.8, 4) is 0 Å². The summed E-state index contributed by atoms with van der Waals surface area (Å²) in [5, 5.41) is 2.54. The molecule has 0 heterocycles. The molecular formula is C17H18ClFN2O3S. The van der Waals surface area contributed by atoms with Crippen molar-refractivity contribution in [3.05, 3.63) is 58.9 Å². The maximum atomic E-state index is 13.1. The summed E-state index contributed by atoms with van der Waals surface area (Å²) in [5.41, 5.74) is 0.299. The Morgan fingerprint density at radius 2 is 1.92 bits per heavy atom. The summed E-state index contributed by atoms with van der Waals surface area (Å²) >= 11 is 5.83. The van der Waals surface area contributed by atoms with Crippen molar-refractivity contribution >= 4 is 33.2 Å². The lowest BCUT2D eigenvalue weighted by molar-refractivity contribution is 0.0940. The van der Waals surface area contributed by atoms with Crippen LogP contribution in [0, 0.1) is 5.82 Å². The molecule has 5 nitrogen and oxygen atoms in total. The zero-order valence-electron chi connectivity index (χ0n) is 13.7. The van der Waals surface area contributed by atoms with Gasteiger partial charge in [-0.05, 0) is 43.7 Å². The zero-order chi connectivity index (χ0) is 18.6. The van der Waals surface area contributed by atoms with Gasteiger partial charge in [-0.3, -0.25) is 9.52 Å². The fraction of sp³-hybridized carbons (Fsp3) is 0.235. The molecule has 1 atom stereocenters. The molecule has 2 N–H and O–H groups in total. The predicted molar refractivity (Wildman–Crippen MR) is 95.9 cm³/mol. The molecule has 0 aliphatic rings. The van der Waals surface area contributed by atoms with Crippen molar-refractivity contribution in [1.29, 1.82) is 0 Å². The lowest BCUT2D eigenvalue weighted by atomic mass is 10.1. The molecule has 134 valence electrons. The summed E-state index contributed by atoms with van der Waals surface area (Å²) in [4.78, 5) is 12.1. The molecule has 0 radical (unpaired) electrons. The summed E-state index contributed by atoms with van der Waals surface area (Å²) in [7, 11) is -4.08. The van der Waals surface area contributed by atoms with Gasteiger partial charge in [-0.2, -0.15) is 0 Å². The van der Waals surface area contributed by atoms with E-state index in [0.717, 1.165) is 24.6 Å². The molecule has 0 unspecified atom stereocenters. The van der Waals surface area contributed by atoms with E-state index >= 15 is 0 Å². The molecule has 25 heavy (non-hydrogen) atoms. The Morgan fingerprint density at radius 1 is 1.24 bits per heavy atom. The molecule has 0 fully saturated rings. The molecule has 1 amide bonds. The molecule has 0 saturated heterocycles. The molecule has 0 aliphatic heterocycles. The topological polar surface area (TPSA) is 75.3 Å². The van der Waals surface area contributed by atoms with E-state index in [1.165, 1.54) is 12.1 Å². The Bertz CT molecular complexity index is 887. The predicted octanol–water partition coefficient (Wildman–Crippen LogP) is 3.81. The average molecular weight is 385 g/mol. The van der Waals surface area contributed by atoms with Gasteiger partial charge in [0.05, 0.1) is 16.3 Å². The van der Waals surface area contributed by atoms with E-state index in [0.29, 0.717) is 0 Å². The molecule has 0 aliphatic carbocycles. The van der Waals surface area contributed by atoms with Crippen LogP contribution in [0.3, 0.4) is 0 Å². The summed E-state index contributed by atoms with van der Waals surface area (Å²) in [6, 6.07) is 9.16. The van der Waals surface area contributed by atoms with Gasteiger partial charge in [0.25, 0.3) is 15.9 Å². The van der Waals surface area contributed by atoms with Gasteiger partial charge in [-0.15, -0.1) is 0 Å². The van der Waals surface area contributed by atoms with Crippen molar-refractivity contribution in [2.24, 2.45) is 0 Å². The minimum atomic E-state index is -4.08. The highest BCUT2D eigenvalue weighted by atomic mass is 35.5. The Hall–Kier alpha value is -2.12. The van der Waals surface area contributed by atoms with Crippen LogP contribution in [0.5, 0.6) is 0 Å². The minimum Gasteiger partial charge on any atom is -0.350 e. The minimum absolute atomic E-state index is 0.0521. The first-order chi connectivity index (χ1) is 11.7. The SMILES string of the molecule is CC[C@H](C)NC(=O)c1ccccc1NS(=O)(=O)c1ccc(F)cc1Cl. The van der Waals surface area contributed by atoms with Crippen molar-refractivity contribution in [2.45, 2.75) is 31.2 Å². The van der Waals surface area contributed by atoms with Crippen LogP contribution in [0.25, 0.3) is 0 Å². The van der Waals surface area contributed by atoms with Crippen molar-refractivity contribution in [3.63, 3.8) is 0 Å². The highest BCUT2D eigenvalue weighted by Crippen LogP contribution is 2.26. The summed E-state index contributed by atoms with van der Waals surface area (Å²) in [6.07, 6.45) is 0.741. The van der Waals surface area contributed by atoms with Crippen LogP contribution < -0.4 is 10.0 Å². The lowest BCUT2D eigenvalue weighted by Gasteiger charge is -2.15. The largest absolute Gasteiger partial charge is 0.350 e. The third-order valence-electron chi connectivity index (χ3n) is 3.59. The van der Waals surface area contributed by atoms with Crippen LogP contribution >= 0.6 is 11.6 Å². The van der Waals surface area contributed by atoms with Crippen LogP contribution in [0.4, 0.5) is 10.1 Å². The van der Waals surface area contributed by atoms with E-state index in [1.54, 1.807) is 12.1 Å². The van der Waals surface area contributed by atoms with Gasteiger partial charge in [-0.25, -0.2) is 12.8 Å². The van der Waals surface area contributed by atoms with Gasteiger partial charge in [0.15, 0.2) is 0 Å². The monoisotopic (exact) mass is 384 g/mol. The number of rotatable bonds is 6. The van der Waals surface area contributed by atoms with Gasteiger partial charge in [-0.1, -0.05) is 30.7 Å². The first-order valence-electron chi connectivity index (χ1n) is 7.62. The van der Waals surface area contributed by atoms with Crippen LogP contribution in [-0.4, -0.2) is 20.4 Å². The molecule has 2 aromatic rings. The van der Waals surface area contributed by atoms with Crippen molar-refractivity contribution in [2.75, 3.05) is 4.72 Å². The summed E-state index contributed by atoms with van der Waals surface area (Å²) < 4.78 is 40.5. The van der Waals surface area contributed by atoms with E-state index in [-0.39, 0.29) is 27.2 Å². The number of hydrogen-bond donors (Lipinski definition) is 2. The quantitative estimate of drug-likeness (QED) is 0.795. The second kappa shape index (κ2) is 7.84. The second-order valence-corrected chi connectivity index (χ2v) is 7.57. The third kappa shape index (κ3) is 4.70. The molecular weight excluding hydrogens is 367 g/mol. The number of halogens is 2. The van der Waals surface area contributed by atoms with E-state index < -0.39 is 21.7 Å². The van der Waals surface area contributed by atoms with E-state index in [2.05, 4.69) is 10.0 Å². The number of carbonyl (C=O) groups is 1. The molecule has 0 spiro atoms. The molecule has 8 heteroatoms. The van der Waals surface area contributed by atoms with Gasteiger partial charge in [0, 0.05) is 6.04 Å². The van der Waals surface area contributed by atoms with E-state index in [9.17, 15) is 17.6 Å². The average Bonchev–Trinajstić information content (AvgIpc) is 2.54.